The van der Waals surface area contributed by atoms with Gasteiger partial charge < -0.3 is 14.5 Å². The van der Waals surface area contributed by atoms with Gasteiger partial charge in [-0.05, 0) is 30.9 Å². The number of rotatable bonds is 2. The van der Waals surface area contributed by atoms with E-state index in [0.29, 0.717) is 26.3 Å². The van der Waals surface area contributed by atoms with Crippen LogP contribution in [0, 0.1) is 5.92 Å². The minimum atomic E-state index is 0.0587. The number of nitrogens with zero attached hydrogens (tertiary/aromatic N) is 2. The summed E-state index contributed by atoms with van der Waals surface area (Å²) in [4.78, 5) is 30.3. The Morgan fingerprint density at radius 1 is 1.32 bits per heavy atom. The van der Waals surface area contributed by atoms with E-state index in [-0.39, 0.29) is 17.7 Å². The Bertz CT molecular complexity index is 576. The summed E-state index contributed by atoms with van der Waals surface area (Å²) in [5.74, 6) is 0.361. The third kappa shape index (κ3) is 3.03. The molecule has 0 N–H and O–H groups in total. The van der Waals surface area contributed by atoms with Crippen molar-refractivity contribution >= 4 is 23.2 Å². The van der Waals surface area contributed by atoms with Crippen LogP contribution in [0.25, 0.3) is 0 Å². The first-order valence-corrected chi connectivity index (χ1v) is 8.57. The quantitative estimate of drug-likeness (QED) is 0.827. The van der Waals surface area contributed by atoms with E-state index in [4.69, 9.17) is 4.74 Å². The highest BCUT2D eigenvalue weighted by Crippen LogP contribution is 2.33. The fourth-order valence-corrected chi connectivity index (χ4v) is 4.30. The molecule has 0 aromatic carbocycles. The number of hydrogen-bond acceptors (Lipinski definition) is 4. The topological polar surface area (TPSA) is 49.9 Å². The summed E-state index contributed by atoms with van der Waals surface area (Å²) in [6.45, 7) is 2.58. The number of ether oxygens (including phenoxy) is 1. The molecule has 1 aromatic rings. The normalized spacial score (nSPS) is 21.4. The third-order valence-corrected chi connectivity index (χ3v) is 5.61. The average molecular weight is 322 g/mol. The maximum Gasteiger partial charge on any atom is 0.264 e. The summed E-state index contributed by atoms with van der Waals surface area (Å²) in [6, 6.07) is 2.01. The number of hydrogen-bond donors (Lipinski definition) is 0. The van der Waals surface area contributed by atoms with Gasteiger partial charge in [0, 0.05) is 38.0 Å². The number of aryl methyl sites for hydroxylation is 1. The first-order chi connectivity index (χ1) is 10.6. The molecule has 2 aliphatic rings. The lowest BCUT2D eigenvalue weighted by molar-refractivity contribution is -0.133. The number of amides is 2. The Morgan fingerprint density at radius 3 is 2.73 bits per heavy atom. The zero-order chi connectivity index (χ0) is 15.7. The van der Waals surface area contributed by atoms with Crippen molar-refractivity contribution in [2.45, 2.75) is 19.3 Å². The lowest BCUT2D eigenvalue weighted by Gasteiger charge is -2.26. The molecule has 0 bridgehead atoms. The first-order valence-electron chi connectivity index (χ1n) is 7.76. The van der Waals surface area contributed by atoms with Crippen LogP contribution in [0.4, 0.5) is 0 Å². The van der Waals surface area contributed by atoms with Crippen LogP contribution in [-0.4, -0.2) is 62.0 Å². The van der Waals surface area contributed by atoms with Crippen LogP contribution >= 0.6 is 11.3 Å². The molecule has 1 atom stereocenters. The predicted molar refractivity (Wildman–Crippen MR) is 85.3 cm³/mol. The van der Waals surface area contributed by atoms with Gasteiger partial charge in [0.1, 0.15) is 0 Å². The molecular formula is C16H22N2O3S. The molecule has 1 aliphatic heterocycles. The Hall–Kier alpha value is -1.40. The van der Waals surface area contributed by atoms with Crippen molar-refractivity contribution < 1.29 is 14.3 Å². The monoisotopic (exact) mass is 322 g/mol. The highest BCUT2D eigenvalue weighted by atomic mass is 32.1. The molecule has 0 spiro atoms. The lowest BCUT2D eigenvalue weighted by Crippen LogP contribution is -2.40. The predicted octanol–water partition coefficient (Wildman–Crippen LogP) is 1.41. The minimum absolute atomic E-state index is 0.0587. The summed E-state index contributed by atoms with van der Waals surface area (Å²) in [7, 11) is 3.61. The van der Waals surface area contributed by atoms with Gasteiger partial charge in [-0.15, -0.1) is 11.3 Å². The second-order valence-electron chi connectivity index (χ2n) is 6.14. The SMILES string of the molecule is CN(C)C(=O)C1CCc2sc(C(=O)N3CCOCC3)cc2C1. The molecule has 0 radical (unpaired) electrons. The van der Waals surface area contributed by atoms with Crippen LogP contribution < -0.4 is 0 Å². The molecule has 1 fully saturated rings. The van der Waals surface area contributed by atoms with Crippen molar-refractivity contribution in [2.24, 2.45) is 5.92 Å². The average Bonchev–Trinajstić information content (AvgIpc) is 2.97. The molecule has 2 amide bonds. The molecule has 22 heavy (non-hydrogen) atoms. The van der Waals surface area contributed by atoms with Crippen molar-refractivity contribution in [2.75, 3.05) is 40.4 Å². The molecular weight excluding hydrogens is 300 g/mol. The fourth-order valence-electron chi connectivity index (χ4n) is 3.13. The van der Waals surface area contributed by atoms with Gasteiger partial charge in [0.2, 0.25) is 5.91 Å². The Balaban J connectivity index is 1.73. The van der Waals surface area contributed by atoms with E-state index in [1.54, 1.807) is 30.3 Å². The molecule has 1 aromatic heterocycles. The molecule has 6 heteroatoms. The molecule has 1 aliphatic carbocycles. The van der Waals surface area contributed by atoms with Crippen LogP contribution in [0.15, 0.2) is 6.07 Å². The molecule has 5 nitrogen and oxygen atoms in total. The number of morpholine rings is 1. The summed E-state index contributed by atoms with van der Waals surface area (Å²) in [5.41, 5.74) is 1.19. The zero-order valence-electron chi connectivity index (χ0n) is 13.1. The van der Waals surface area contributed by atoms with Crippen molar-refractivity contribution in [1.29, 1.82) is 0 Å². The fraction of sp³-hybridized carbons (Fsp3) is 0.625. The smallest absolute Gasteiger partial charge is 0.264 e. The second kappa shape index (κ2) is 6.38. The van der Waals surface area contributed by atoms with Gasteiger partial charge in [-0.1, -0.05) is 0 Å². The maximum atomic E-state index is 12.5. The molecule has 3 rings (SSSR count). The van der Waals surface area contributed by atoms with E-state index in [2.05, 4.69) is 0 Å². The number of thiophene rings is 1. The van der Waals surface area contributed by atoms with Crippen molar-refractivity contribution in [3.63, 3.8) is 0 Å². The van der Waals surface area contributed by atoms with Crippen molar-refractivity contribution in [3.05, 3.63) is 21.4 Å². The standard InChI is InChI=1S/C16H22N2O3S/c1-17(2)15(19)11-3-4-13-12(9-11)10-14(22-13)16(20)18-5-7-21-8-6-18/h10-11H,3-9H2,1-2H3. The maximum absolute atomic E-state index is 12.5. The highest BCUT2D eigenvalue weighted by molar-refractivity contribution is 7.14. The largest absolute Gasteiger partial charge is 0.378 e. The molecule has 1 unspecified atom stereocenters. The van der Waals surface area contributed by atoms with E-state index in [1.807, 2.05) is 11.0 Å². The molecule has 2 heterocycles. The number of carbonyl (C=O) groups excluding carboxylic acids is 2. The van der Waals surface area contributed by atoms with Gasteiger partial charge in [-0.25, -0.2) is 0 Å². The third-order valence-electron chi connectivity index (χ3n) is 4.38. The van der Waals surface area contributed by atoms with Gasteiger partial charge in [-0.3, -0.25) is 9.59 Å². The summed E-state index contributed by atoms with van der Waals surface area (Å²) < 4.78 is 5.30. The zero-order valence-corrected chi connectivity index (χ0v) is 13.9. The number of carbonyl (C=O) groups is 2. The van der Waals surface area contributed by atoms with Crippen molar-refractivity contribution in [1.82, 2.24) is 9.80 Å². The summed E-state index contributed by atoms with van der Waals surface area (Å²) >= 11 is 1.60. The second-order valence-corrected chi connectivity index (χ2v) is 7.27. The van der Waals surface area contributed by atoms with Gasteiger partial charge >= 0.3 is 0 Å². The van der Waals surface area contributed by atoms with E-state index < -0.39 is 0 Å². The number of fused-ring (bicyclic) bond motifs is 1. The Morgan fingerprint density at radius 2 is 2.05 bits per heavy atom. The molecule has 120 valence electrons. The Kier molecular flexibility index (Phi) is 4.49. The van der Waals surface area contributed by atoms with Gasteiger partial charge in [0.25, 0.3) is 5.91 Å². The highest BCUT2D eigenvalue weighted by Gasteiger charge is 2.29. The van der Waals surface area contributed by atoms with Crippen LogP contribution in [0.3, 0.4) is 0 Å². The van der Waals surface area contributed by atoms with Crippen molar-refractivity contribution in [3.8, 4) is 0 Å². The van der Waals surface area contributed by atoms with Crippen LogP contribution in [0.2, 0.25) is 0 Å². The first kappa shape index (κ1) is 15.5. The lowest BCUT2D eigenvalue weighted by atomic mass is 9.87. The Labute approximate surface area is 134 Å². The molecule has 1 saturated heterocycles. The van der Waals surface area contributed by atoms with E-state index in [1.165, 1.54) is 10.4 Å². The van der Waals surface area contributed by atoms with E-state index >= 15 is 0 Å². The van der Waals surface area contributed by atoms with Gasteiger partial charge in [0.05, 0.1) is 18.1 Å². The van der Waals surface area contributed by atoms with Gasteiger partial charge in [0.15, 0.2) is 0 Å². The minimum Gasteiger partial charge on any atom is -0.378 e. The van der Waals surface area contributed by atoms with Gasteiger partial charge in [-0.2, -0.15) is 0 Å². The molecule has 0 saturated carbocycles. The van der Waals surface area contributed by atoms with Crippen LogP contribution in [0.5, 0.6) is 0 Å². The van der Waals surface area contributed by atoms with Crippen LogP contribution in [-0.2, 0) is 22.4 Å². The summed E-state index contributed by atoms with van der Waals surface area (Å²) in [5, 5.41) is 0. The van der Waals surface area contributed by atoms with Crippen LogP contribution in [0.1, 0.15) is 26.5 Å². The van der Waals surface area contributed by atoms with E-state index in [0.717, 1.165) is 24.1 Å². The van der Waals surface area contributed by atoms with E-state index in [9.17, 15) is 9.59 Å². The summed E-state index contributed by atoms with van der Waals surface area (Å²) in [6.07, 6.45) is 2.55.